The van der Waals surface area contributed by atoms with Crippen LogP contribution in [-0.2, 0) is 11.3 Å². The van der Waals surface area contributed by atoms with Crippen molar-refractivity contribution in [3.63, 3.8) is 0 Å². The van der Waals surface area contributed by atoms with Gasteiger partial charge in [0.1, 0.15) is 6.10 Å². The Labute approximate surface area is 83.6 Å². The number of hydrogen-bond acceptors (Lipinski definition) is 3. The minimum Gasteiger partial charge on any atom is -0.378 e. The lowest BCUT2D eigenvalue weighted by molar-refractivity contribution is 0.0901. The van der Waals surface area contributed by atoms with Gasteiger partial charge < -0.3 is 9.84 Å². The molecule has 0 saturated heterocycles. The molecule has 14 heavy (non-hydrogen) atoms. The highest BCUT2D eigenvalue weighted by Gasteiger charge is 2.00. The molecule has 0 heterocycles. The van der Waals surface area contributed by atoms with Crippen LogP contribution in [0.5, 0.6) is 0 Å². The summed E-state index contributed by atoms with van der Waals surface area (Å²) in [5.41, 5.74) is 1.10. The molecule has 1 aromatic carbocycles. The van der Waals surface area contributed by atoms with Crippen molar-refractivity contribution in [1.82, 2.24) is 0 Å². The van der Waals surface area contributed by atoms with E-state index in [1.54, 1.807) is 6.07 Å². The van der Waals surface area contributed by atoms with Gasteiger partial charge in [0.05, 0.1) is 19.3 Å². The van der Waals surface area contributed by atoms with Crippen LogP contribution in [0, 0.1) is 11.3 Å². The molecule has 0 aliphatic heterocycles. The summed E-state index contributed by atoms with van der Waals surface area (Å²) in [5.74, 6) is 0. The van der Waals surface area contributed by atoms with E-state index in [0.29, 0.717) is 19.6 Å². The third kappa shape index (κ3) is 4.04. The summed E-state index contributed by atoms with van der Waals surface area (Å²) in [7, 11) is 0. The SMILES string of the molecule is N#CC(O)CCOCc1ccccc1. The number of ether oxygens (including phenoxy) is 1. The normalized spacial score (nSPS) is 12.0. The van der Waals surface area contributed by atoms with Gasteiger partial charge in [-0.2, -0.15) is 5.26 Å². The highest BCUT2D eigenvalue weighted by molar-refractivity contribution is 5.13. The van der Waals surface area contributed by atoms with Crippen LogP contribution < -0.4 is 0 Å². The maximum Gasteiger partial charge on any atom is 0.142 e. The average Bonchev–Trinajstić information content (AvgIpc) is 2.25. The minimum atomic E-state index is -0.911. The summed E-state index contributed by atoms with van der Waals surface area (Å²) in [6.07, 6.45) is -0.547. The molecule has 0 spiro atoms. The first-order chi connectivity index (χ1) is 6.83. The van der Waals surface area contributed by atoms with Crippen LogP contribution in [0.15, 0.2) is 30.3 Å². The maximum absolute atomic E-state index is 8.91. The summed E-state index contributed by atoms with van der Waals surface area (Å²) in [4.78, 5) is 0. The van der Waals surface area contributed by atoms with Crippen molar-refractivity contribution in [3.05, 3.63) is 35.9 Å². The second-order valence-corrected chi connectivity index (χ2v) is 2.97. The van der Waals surface area contributed by atoms with Gasteiger partial charge in [-0.15, -0.1) is 0 Å². The molecule has 1 rings (SSSR count). The maximum atomic E-state index is 8.91. The largest absolute Gasteiger partial charge is 0.378 e. The van der Waals surface area contributed by atoms with Crippen LogP contribution in [-0.4, -0.2) is 17.8 Å². The summed E-state index contributed by atoms with van der Waals surface area (Å²) in [5, 5.41) is 17.2. The summed E-state index contributed by atoms with van der Waals surface area (Å²) >= 11 is 0. The fourth-order valence-electron chi connectivity index (χ4n) is 1.02. The fourth-order valence-corrected chi connectivity index (χ4v) is 1.02. The number of aliphatic hydroxyl groups is 1. The first-order valence-corrected chi connectivity index (χ1v) is 4.52. The van der Waals surface area contributed by atoms with Crippen LogP contribution in [0.25, 0.3) is 0 Å². The molecule has 0 bridgehead atoms. The van der Waals surface area contributed by atoms with E-state index in [2.05, 4.69) is 0 Å². The topological polar surface area (TPSA) is 53.2 Å². The Hall–Kier alpha value is -1.37. The zero-order chi connectivity index (χ0) is 10.2. The van der Waals surface area contributed by atoms with Crippen molar-refractivity contribution in [1.29, 1.82) is 5.26 Å². The predicted molar refractivity (Wildman–Crippen MR) is 52.3 cm³/mol. The monoisotopic (exact) mass is 191 g/mol. The van der Waals surface area contributed by atoms with Crippen LogP contribution in [0.2, 0.25) is 0 Å². The van der Waals surface area contributed by atoms with E-state index in [0.717, 1.165) is 5.56 Å². The average molecular weight is 191 g/mol. The lowest BCUT2D eigenvalue weighted by Gasteiger charge is -2.04. The quantitative estimate of drug-likeness (QED) is 0.566. The molecule has 3 heteroatoms. The Morgan fingerprint density at radius 1 is 1.36 bits per heavy atom. The third-order valence-electron chi connectivity index (χ3n) is 1.80. The summed E-state index contributed by atoms with van der Waals surface area (Å²) in [6, 6.07) is 11.5. The highest BCUT2D eigenvalue weighted by Crippen LogP contribution is 2.01. The summed E-state index contributed by atoms with van der Waals surface area (Å²) in [6.45, 7) is 0.933. The molecular weight excluding hydrogens is 178 g/mol. The minimum absolute atomic E-state index is 0.364. The lowest BCUT2D eigenvalue weighted by atomic mass is 10.2. The van der Waals surface area contributed by atoms with Crippen LogP contribution in [0.3, 0.4) is 0 Å². The molecule has 0 saturated carbocycles. The van der Waals surface area contributed by atoms with E-state index in [-0.39, 0.29) is 0 Å². The molecule has 1 aromatic rings. The van der Waals surface area contributed by atoms with Gasteiger partial charge in [0.25, 0.3) is 0 Å². The number of nitrogens with zero attached hydrogens (tertiary/aromatic N) is 1. The number of aliphatic hydroxyl groups excluding tert-OH is 1. The van der Waals surface area contributed by atoms with Crippen LogP contribution >= 0.6 is 0 Å². The van der Waals surface area contributed by atoms with Gasteiger partial charge in [0.2, 0.25) is 0 Å². The molecule has 1 N–H and O–H groups in total. The smallest absolute Gasteiger partial charge is 0.142 e. The molecule has 1 unspecified atom stereocenters. The van der Waals surface area contributed by atoms with Gasteiger partial charge in [-0.25, -0.2) is 0 Å². The van der Waals surface area contributed by atoms with E-state index in [4.69, 9.17) is 15.1 Å². The number of benzene rings is 1. The van der Waals surface area contributed by atoms with Crippen molar-refractivity contribution in [2.45, 2.75) is 19.1 Å². The Balaban J connectivity index is 2.14. The Morgan fingerprint density at radius 2 is 2.07 bits per heavy atom. The lowest BCUT2D eigenvalue weighted by Crippen LogP contribution is -2.07. The number of hydrogen-bond donors (Lipinski definition) is 1. The molecule has 3 nitrogen and oxygen atoms in total. The Morgan fingerprint density at radius 3 is 2.71 bits per heavy atom. The predicted octanol–water partition coefficient (Wildman–Crippen LogP) is 1.48. The van der Waals surface area contributed by atoms with Crippen LogP contribution in [0.4, 0.5) is 0 Å². The van der Waals surface area contributed by atoms with E-state index in [1.165, 1.54) is 0 Å². The van der Waals surface area contributed by atoms with E-state index >= 15 is 0 Å². The Kier molecular flexibility index (Phi) is 4.70. The first-order valence-electron chi connectivity index (χ1n) is 4.52. The van der Waals surface area contributed by atoms with Gasteiger partial charge >= 0.3 is 0 Å². The zero-order valence-corrected chi connectivity index (χ0v) is 7.89. The highest BCUT2D eigenvalue weighted by atomic mass is 16.5. The van der Waals surface area contributed by atoms with Crippen molar-refractivity contribution in [2.75, 3.05) is 6.61 Å². The van der Waals surface area contributed by atoms with Crippen molar-refractivity contribution < 1.29 is 9.84 Å². The second kappa shape index (κ2) is 6.14. The van der Waals surface area contributed by atoms with Gasteiger partial charge in [0.15, 0.2) is 0 Å². The Bertz CT molecular complexity index is 292. The van der Waals surface area contributed by atoms with Crippen LogP contribution in [0.1, 0.15) is 12.0 Å². The standard InChI is InChI=1S/C11H13NO2/c12-8-11(13)6-7-14-9-10-4-2-1-3-5-10/h1-5,11,13H,6-7,9H2. The molecular formula is C11H13NO2. The van der Waals surface area contributed by atoms with E-state index < -0.39 is 6.10 Å². The molecule has 74 valence electrons. The van der Waals surface area contributed by atoms with Crippen molar-refractivity contribution in [3.8, 4) is 6.07 Å². The number of rotatable bonds is 5. The molecule has 0 fully saturated rings. The van der Waals surface area contributed by atoms with Crippen molar-refractivity contribution in [2.24, 2.45) is 0 Å². The van der Waals surface area contributed by atoms with Gasteiger partial charge in [-0.05, 0) is 5.56 Å². The van der Waals surface area contributed by atoms with E-state index in [1.807, 2.05) is 30.3 Å². The van der Waals surface area contributed by atoms with Gasteiger partial charge in [-0.1, -0.05) is 30.3 Å². The van der Waals surface area contributed by atoms with Gasteiger partial charge in [0, 0.05) is 6.42 Å². The molecule has 0 aliphatic carbocycles. The molecule has 0 radical (unpaired) electrons. The van der Waals surface area contributed by atoms with Crippen molar-refractivity contribution >= 4 is 0 Å². The number of nitriles is 1. The third-order valence-corrected chi connectivity index (χ3v) is 1.80. The molecule has 0 aromatic heterocycles. The first kappa shape index (κ1) is 10.7. The second-order valence-electron chi connectivity index (χ2n) is 2.97. The summed E-state index contributed by atoms with van der Waals surface area (Å²) < 4.78 is 5.28. The van der Waals surface area contributed by atoms with Gasteiger partial charge in [-0.3, -0.25) is 0 Å². The molecule has 0 aliphatic rings. The van der Waals surface area contributed by atoms with E-state index in [9.17, 15) is 0 Å². The zero-order valence-electron chi connectivity index (χ0n) is 7.89. The molecule has 0 amide bonds. The molecule has 1 atom stereocenters. The fraction of sp³-hybridized carbons (Fsp3) is 0.364.